The molecule has 0 radical (unpaired) electrons. The molecule has 0 aliphatic heterocycles. The quantitative estimate of drug-likeness (QED) is 0.726. The van der Waals surface area contributed by atoms with Crippen LogP contribution in [0.25, 0.3) is 0 Å². The van der Waals surface area contributed by atoms with Crippen molar-refractivity contribution >= 4 is 0 Å². The molecule has 1 N–H and O–H groups in total. The molecule has 1 rings (SSSR count). The summed E-state index contributed by atoms with van der Waals surface area (Å²) < 4.78 is 0. The van der Waals surface area contributed by atoms with E-state index in [2.05, 4.69) is 31.2 Å². The lowest BCUT2D eigenvalue weighted by molar-refractivity contribution is 0.308. The summed E-state index contributed by atoms with van der Waals surface area (Å²) in [6.45, 7) is 3.25. The molecule has 1 aliphatic rings. The first kappa shape index (κ1) is 12.9. The Kier molecular flexibility index (Phi) is 8.46. The van der Waals surface area contributed by atoms with Crippen LogP contribution in [0.4, 0.5) is 0 Å². The van der Waals surface area contributed by atoms with Crippen molar-refractivity contribution in [1.82, 2.24) is 10.2 Å². The van der Waals surface area contributed by atoms with Gasteiger partial charge < -0.3 is 10.2 Å². The number of rotatable bonds is 3. The van der Waals surface area contributed by atoms with Gasteiger partial charge in [-0.1, -0.05) is 32.1 Å². The minimum atomic E-state index is 0.639. The second-order valence-corrected chi connectivity index (χ2v) is 4.14. The highest BCUT2D eigenvalue weighted by atomic mass is 15.1. The molecule has 1 fully saturated rings. The summed E-state index contributed by atoms with van der Waals surface area (Å²) >= 11 is 0. The summed E-state index contributed by atoms with van der Waals surface area (Å²) in [6.07, 6.45) is 7.50. The predicted molar refractivity (Wildman–Crippen MR) is 60.2 cm³/mol. The van der Waals surface area contributed by atoms with Gasteiger partial charge in [-0.15, -0.1) is 0 Å². The van der Waals surface area contributed by atoms with Gasteiger partial charge in [0.2, 0.25) is 0 Å². The van der Waals surface area contributed by atoms with Crippen LogP contribution in [0.1, 0.15) is 39.0 Å². The van der Waals surface area contributed by atoms with Crippen LogP contribution < -0.4 is 5.32 Å². The first-order valence-electron chi connectivity index (χ1n) is 5.49. The van der Waals surface area contributed by atoms with E-state index in [4.69, 9.17) is 0 Å². The van der Waals surface area contributed by atoms with Crippen LogP contribution in [0.2, 0.25) is 0 Å². The molecule has 80 valence electrons. The minimum Gasteiger partial charge on any atom is -0.318 e. The standard InChI is InChI=1S/C6H16N2.C5H10/c1-6(5-7-2)8(3)4;1-2-4-5-3-1/h6-7H,5H2,1-4H3;1-5H2. The fourth-order valence-electron chi connectivity index (χ4n) is 1.36. The second-order valence-electron chi connectivity index (χ2n) is 4.14. The summed E-state index contributed by atoms with van der Waals surface area (Å²) in [5.41, 5.74) is 0. The lowest BCUT2D eigenvalue weighted by Crippen LogP contribution is -2.33. The molecule has 1 unspecified atom stereocenters. The summed E-state index contributed by atoms with van der Waals surface area (Å²) in [5, 5.41) is 3.11. The molecule has 2 nitrogen and oxygen atoms in total. The van der Waals surface area contributed by atoms with Gasteiger partial charge in [0.15, 0.2) is 0 Å². The van der Waals surface area contributed by atoms with Crippen LogP contribution in [-0.2, 0) is 0 Å². The molecular weight excluding hydrogens is 160 g/mol. The largest absolute Gasteiger partial charge is 0.318 e. The van der Waals surface area contributed by atoms with E-state index in [9.17, 15) is 0 Å². The van der Waals surface area contributed by atoms with E-state index < -0.39 is 0 Å². The highest BCUT2D eigenvalue weighted by Crippen LogP contribution is 2.15. The molecule has 0 aromatic rings. The van der Waals surface area contributed by atoms with Crippen LogP contribution in [0.5, 0.6) is 0 Å². The fourth-order valence-corrected chi connectivity index (χ4v) is 1.36. The topological polar surface area (TPSA) is 15.3 Å². The van der Waals surface area contributed by atoms with E-state index in [-0.39, 0.29) is 0 Å². The molecule has 1 saturated carbocycles. The van der Waals surface area contributed by atoms with Crippen molar-refractivity contribution in [3.63, 3.8) is 0 Å². The first-order chi connectivity index (χ1) is 6.18. The Morgan fingerprint density at radius 3 is 1.62 bits per heavy atom. The molecule has 1 aliphatic carbocycles. The van der Waals surface area contributed by atoms with Crippen LogP contribution in [0, 0.1) is 0 Å². The highest BCUT2D eigenvalue weighted by molar-refractivity contribution is 4.59. The molecule has 0 bridgehead atoms. The van der Waals surface area contributed by atoms with Crippen molar-refractivity contribution in [2.45, 2.75) is 45.1 Å². The maximum Gasteiger partial charge on any atom is 0.0186 e. The van der Waals surface area contributed by atoms with E-state index in [1.807, 2.05) is 7.05 Å². The van der Waals surface area contributed by atoms with Crippen molar-refractivity contribution in [3.8, 4) is 0 Å². The molecule has 0 spiro atoms. The van der Waals surface area contributed by atoms with E-state index >= 15 is 0 Å². The number of nitrogens with zero attached hydrogens (tertiary/aromatic N) is 1. The first-order valence-corrected chi connectivity index (χ1v) is 5.49. The van der Waals surface area contributed by atoms with Crippen molar-refractivity contribution < 1.29 is 0 Å². The van der Waals surface area contributed by atoms with Crippen LogP contribution in [0.15, 0.2) is 0 Å². The van der Waals surface area contributed by atoms with Crippen molar-refractivity contribution in [3.05, 3.63) is 0 Å². The molecular formula is C11H26N2. The Labute approximate surface area is 83.7 Å². The summed E-state index contributed by atoms with van der Waals surface area (Å²) in [4.78, 5) is 2.19. The maximum absolute atomic E-state index is 3.11. The van der Waals surface area contributed by atoms with Gasteiger partial charge in [0, 0.05) is 12.6 Å². The number of nitrogens with one attached hydrogen (secondary N) is 1. The van der Waals surface area contributed by atoms with Gasteiger partial charge in [-0.3, -0.25) is 0 Å². The third-order valence-corrected chi connectivity index (χ3v) is 2.63. The number of hydrogen-bond acceptors (Lipinski definition) is 2. The van der Waals surface area contributed by atoms with Crippen molar-refractivity contribution in [2.24, 2.45) is 0 Å². The molecule has 1 atom stereocenters. The van der Waals surface area contributed by atoms with Crippen LogP contribution >= 0.6 is 0 Å². The van der Waals surface area contributed by atoms with Crippen molar-refractivity contribution in [2.75, 3.05) is 27.7 Å². The summed E-state index contributed by atoms with van der Waals surface area (Å²) in [5.74, 6) is 0. The average Bonchev–Trinajstić information content (AvgIpc) is 2.61. The molecule has 0 aromatic heterocycles. The lowest BCUT2D eigenvalue weighted by Gasteiger charge is -2.18. The zero-order valence-corrected chi connectivity index (χ0v) is 9.77. The number of hydrogen-bond donors (Lipinski definition) is 1. The summed E-state index contributed by atoms with van der Waals surface area (Å²) in [7, 11) is 6.14. The molecule has 0 saturated heterocycles. The Morgan fingerprint density at radius 1 is 1.08 bits per heavy atom. The SMILES string of the molecule is C1CCCC1.CNCC(C)N(C)C. The molecule has 13 heavy (non-hydrogen) atoms. The normalized spacial score (nSPS) is 18.2. The monoisotopic (exact) mass is 186 g/mol. The van der Waals surface area contributed by atoms with E-state index in [1.165, 1.54) is 32.1 Å². The molecule has 2 heteroatoms. The van der Waals surface area contributed by atoms with Gasteiger partial charge in [-0.2, -0.15) is 0 Å². The van der Waals surface area contributed by atoms with Gasteiger partial charge in [-0.05, 0) is 28.1 Å². The van der Waals surface area contributed by atoms with Gasteiger partial charge in [-0.25, -0.2) is 0 Å². The maximum atomic E-state index is 3.11. The molecule has 0 heterocycles. The van der Waals surface area contributed by atoms with Crippen LogP contribution in [0.3, 0.4) is 0 Å². The predicted octanol–water partition coefficient (Wildman–Crippen LogP) is 2.11. The Morgan fingerprint density at radius 2 is 1.46 bits per heavy atom. The molecule has 0 amide bonds. The third-order valence-electron chi connectivity index (χ3n) is 2.63. The third kappa shape index (κ3) is 8.26. The second kappa shape index (κ2) is 8.52. The van der Waals surface area contributed by atoms with Crippen molar-refractivity contribution in [1.29, 1.82) is 0 Å². The minimum absolute atomic E-state index is 0.639. The van der Waals surface area contributed by atoms with Gasteiger partial charge in [0.05, 0.1) is 0 Å². The van der Waals surface area contributed by atoms with E-state index in [1.54, 1.807) is 0 Å². The van der Waals surface area contributed by atoms with Gasteiger partial charge >= 0.3 is 0 Å². The Bertz CT molecular complexity index is 90.7. The summed E-state index contributed by atoms with van der Waals surface area (Å²) in [6, 6.07) is 0.639. The lowest BCUT2D eigenvalue weighted by atomic mass is 10.3. The fraction of sp³-hybridized carbons (Fsp3) is 1.00. The Hall–Kier alpha value is -0.0800. The van der Waals surface area contributed by atoms with Gasteiger partial charge in [0.1, 0.15) is 0 Å². The average molecular weight is 186 g/mol. The van der Waals surface area contributed by atoms with E-state index in [0.717, 1.165) is 6.54 Å². The zero-order chi connectivity index (χ0) is 10.1. The molecule has 0 aromatic carbocycles. The highest BCUT2D eigenvalue weighted by Gasteiger charge is 1.99. The number of likely N-dealkylation sites (N-methyl/N-ethyl adjacent to an activating group) is 2. The Balaban J connectivity index is 0.000000243. The van der Waals surface area contributed by atoms with E-state index in [0.29, 0.717) is 6.04 Å². The van der Waals surface area contributed by atoms with Gasteiger partial charge in [0.25, 0.3) is 0 Å². The zero-order valence-electron chi connectivity index (χ0n) is 9.77. The smallest absolute Gasteiger partial charge is 0.0186 e. The van der Waals surface area contributed by atoms with Crippen LogP contribution in [-0.4, -0.2) is 38.6 Å².